The molecule has 0 aliphatic rings. The van der Waals surface area contributed by atoms with Gasteiger partial charge in [-0.15, -0.1) is 0 Å². The highest BCUT2D eigenvalue weighted by molar-refractivity contribution is 5.94. The van der Waals surface area contributed by atoms with Crippen LogP contribution in [-0.2, 0) is 4.79 Å². The Kier molecular flexibility index (Phi) is 5.30. The third kappa shape index (κ3) is 4.03. The fourth-order valence-corrected chi connectivity index (χ4v) is 2.58. The fraction of sp³-hybridized carbons (Fsp3) is 0.200. The summed E-state index contributed by atoms with van der Waals surface area (Å²) in [5.41, 5.74) is 2.22. The predicted octanol–water partition coefficient (Wildman–Crippen LogP) is 2.82. The lowest BCUT2D eigenvalue weighted by molar-refractivity contribution is -0.119. The van der Waals surface area contributed by atoms with Crippen LogP contribution in [0.2, 0.25) is 0 Å². The molecule has 0 aliphatic carbocycles. The first-order chi connectivity index (χ1) is 13.0. The largest absolute Gasteiger partial charge is 0.497 e. The minimum atomic E-state index is -0.797. The van der Waals surface area contributed by atoms with Gasteiger partial charge in [0.05, 0.1) is 19.0 Å². The highest BCUT2D eigenvalue weighted by Crippen LogP contribution is 2.19. The smallest absolute Gasteiger partial charge is 0.365 e. The Balaban J connectivity index is 1.81. The third-order valence-corrected chi connectivity index (χ3v) is 4.25. The minimum Gasteiger partial charge on any atom is -0.497 e. The second kappa shape index (κ2) is 7.82. The predicted molar refractivity (Wildman–Crippen MR) is 103 cm³/mol. The van der Waals surface area contributed by atoms with E-state index in [2.05, 4.69) is 15.4 Å². The standard InChI is InChI=1S/C20H20N4O3/c1-13-6-4-5-7-17(13)22-19(25)14(2)24-20(26)23-18(12-21-24)15-8-10-16(27-3)11-9-15/h4-12,14H,1-3H3,(H,22,25). The molecule has 0 spiro atoms. The Labute approximate surface area is 156 Å². The Morgan fingerprint density at radius 3 is 2.48 bits per heavy atom. The molecule has 0 radical (unpaired) electrons. The van der Waals surface area contributed by atoms with Crippen molar-refractivity contribution in [3.8, 4) is 17.0 Å². The van der Waals surface area contributed by atoms with Gasteiger partial charge >= 0.3 is 5.69 Å². The first-order valence-corrected chi connectivity index (χ1v) is 8.46. The molecule has 1 heterocycles. The number of nitrogens with zero attached hydrogens (tertiary/aromatic N) is 3. The SMILES string of the molecule is COc1ccc(-c2cnn(C(C)C(=O)Nc3ccccc3C)c(=O)n2)cc1. The molecule has 3 aromatic rings. The number of rotatable bonds is 5. The molecule has 1 unspecified atom stereocenters. The second-order valence-electron chi connectivity index (χ2n) is 6.08. The van der Waals surface area contributed by atoms with Crippen LogP contribution in [0.3, 0.4) is 0 Å². The summed E-state index contributed by atoms with van der Waals surface area (Å²) in [5, 5.41) is 6.95. The quantitative estimate of drug-likeness (QED) is 0.752. The molecule has 1 aromatic heterocycles. The average Bonchev–Trinajstić information content (AvgIpc) is 2.69. The van der Waals surface area contributed by atoms with Crippen LogP contribution in [-0.4, -0.2) is 27.8 Å². The molecular formula is C20H20N4O3. The Bertz CT molecular complexity index is 1010. The summed E-state index contributed by atoms with van der Waals surface area (Å²) in [6, 6.07) is 13.8. The molecule has 0 bridgehead atoms. The van der Waals surface area contributed by atoms with Crippen molar-refractivity contribution < 1.29 is 9.53 Å². The number of aryl methyl sites for hydroxylation is 1. The number of nitrogens with one attached hydrogen (secondary N) is 1. The van der Waals surface area contributed by atoms with Crippen LogP contribution in [0, 0.1) is 6.92 Å². The fourth-order valence-electron chi connectivity index (χ4n) is 2.58. The van der Waals surface area contributed by atoms with Crippen LogP contribution in [0.5, 0.6) is 5.75 Å². The van der Waals surface area contributed by atoms with Gasteiger partial charge in [-0.3, -0.25) is 4.79 Å². The minimum absolute atomic E-state index is 0.335. The summed E-state index contributed by atoms with van der Waals surface area (Å²) in [6.45, 7) is 3.51. The van der Waals surface area contributed by atoms with Crippen LogP contribution in [0.15, 0.2) is 59.5 Å². The van der Waals surface area contributed by atoms with E-state index < -0.39 is 11.7 Å². The topological polar surface area (TPSA) is 86.1 Å². The Hall–Kier alpha value is -3.48. The van der Waals surface area contributed by atoms with E-state index in [1.54, 1.807) is 44.4 Å². The number of methoxy groups -OCH3 is 1. The molecule has 0 fully saturated rings. The number of hydrogen-bond acceptors (Lipinski definition) is 5. The van der Waals surface area contributed by atoms with Gasteiger partial charge in [0.15, 0.2) is 0 Å². The number of anilines is 1. The van der Waals surface area contributed by atoms with Crippen molar-refractivity contribution in [3.63, 3.8) is 0 Å². The van der Waals surface area contributed by atoms with E-state index in [0.29, 0.717) is 17.1 Å². The molecule has 0 aliphatic heterocycles. The molecule has 1 atom stereocenters. The van der Waals surface area contributed by atoms with Gasteiger partial charge in [-0.25, -0.2) is 9.48 Å². The number of para-hydroxylation sites is 1. The number of benzene rings is 2. The number of aromatic nitrogens is 3. The molecule has 0 saturated carbocycles. The summed E-state index contributed by atoms with van der Waals surface area (Å²) < 4.78 is 6.19. The van der Waals surface area contributed by atoms with Gasteiger partial charge in [0.1, 0.15) is 11.8 Å². The molecule has 3 rings (SSSR count). The third-order valence-electron chi connectivity index (χ3n) is 4.25. The highest BCUT2D eigenvalue weighted by Gasteiger charge is 2.19. The van der Waals surface area contributed by atoms with Crippen LogP contribution < -0.4 is 15.7 Å². The Morgan fingerprint density at radius 1 is 1.15 bits per heavy atom. The number of carbonyl (C=O) groups excluding carboxylic acids is 1. The van der Waals surface area contributed by atoms with Crippen molar-refractivity contribution in [1.82, 2.24) is 14.8 Å². The first-order valence-electron chi connectivity index (χ1n) is 8.46. The van der Waals surface area contributed by atoms with Gasteiger partial charge in [0, 0.05) is 11.3 Å². The van der Waals surface area contributed by atoms with Crippen LogP contribution in [0.4, 0.5) is 5.69 Å². The van der Waals surface area contributed by atoms with Crippen molar-refractivity contribution in [3.05, 3.63) is 70.8 Å². The van der Waals surface area contributed by atoms with E-state index >= 15 is 0 Å². The van der Waals surface area contributed by atoms with Gasteiger partial charge in [0.25, 0.3) is 0 Å². The van der Waals surface area contributed by atoms with E-state index in [-0.39, 0.29) is 5.91 Å². The van der Waals surface area contributed by atoms with Gasteiger partial charge in [0.2, 0.25) is 5.91 Å². The van der Waals surface area contributed by atoms with Crippen molar-refractivity contribution in [1.29, 1.82) is 0 Å². The van der Waals surface area contributed by atoms with Gasteiger partial charge in [-0.2, -0.15) is 10.1 Å². The van der Waals surface area contributed by atoms with Crippen molar-refractivity contribution >= 4 is 11.6 Å². The summed E-state index contributed by atoms with van der Waals surface area (Å²) >= 11 is 0. The lowest BCUT2D eigenvalue weighted by atomic mass is 10.1. The Morgan fingerprint density at radius 2 is 1.85 bits per heavy atom. The summed E-state index contributed by atoms with van der Waals surface area (Å²) in [6.07, 6.45) is 1.47. The molecule has 7 nitrogen and oxygen atoms in total. The summed E-state index contributed by atoms with van der Waals surface area (Å²) in [5.74, 6) is 0.374. The van der Waals surface area contributed by atoms with Crippen LogP contribution in [0.1, 0.15) is 18.5 Å². The lowest BCUT2D eigenvalue weighted by Gasteiger charge is -2.15. The lowest BCUT2D eigenvalue weighted by Crippen LogP contribution is -2.35. The molecule has 27 heavy (non-hydrogen) atoms. The zero-order valence-electron chi connectivity index (χ0n) is 15.3. The molecule has 1 N–H and O–H groups in total. The summed E-state index contributed by atoms with van der Waals surface area (Å²) in [7, 11) is 1.58. The number of ether oxygens (including phenoxy) is 1. The number of hydrogen-bond donors (Lipinski definition) is 1. The molecule has 7 heteroatoms. The van der Waals surface area contributed by atoms with Crippen molar-refractivity contribution in [2.75, 3.05) is 12.4 Å². The normalized spacial score (nSPS) is 11.7. The second-order valence-corrected chi connectivity index (χ2v) is 6.08. The number of amides is 1. The average molecular weight is 364 g/mol. The van der Waals surface area contributed by atoms with E-state index in [1.807, 2.05) is 25.1 Å². The van der Waals surface area contributed by atoms with E-state index in [0.717, 1.165) is 15.8 Å². The number of carbonyl (C=O) groups is 1. The maximum absolute atomic E-state index is 12.5. The highest BCUT2D eigenvalue weighted by atomic mass is 16.5. The van der Waals surface area contributed by atoms with Crippen LogP contribution in [0.25, 0.3) is 11.3 Å². The van der Waals surface area contributed by atoms with Gasteiger partial charge < -0.3 is 10.1 Å². The maximum atomic E-state index is 12.5. The zero-order chi connectivity index (χ0) is 19.4. The molecule has 0 saturated heterocycles. The van der Waals surface area contributed by atoms with Crippen LogP contribution >= 0.6 is 0 Å². The zero-order valence-corrected chi connectivity index (χ0v) is 15.3. The molecule has 1 amide bonds. The summed E-state index contributed by atoms with van der Waals surface area (Å²) in [4.78, 5) is 28.9. The molecule has 138 valence electrons. The van der Waals surface area contributed by atoms with E-state index in [9.17, 15) is 9.59 Å². The molecular weight excluding hydrogens is 344 g/mol. The van der Waals surface area contributed by atoms with Gasteiger partial charge in [-0.1, -0.05) is 18.2 Å². The van der Waals surface area contributed by atoms with E-state index in [4.69, 9.17) is 4.74 Å². The van der Waals surface area contributed by atoms with Crippen molar-refractivity contribution in [2.24, 2.45) is 0 Å². The van der Waals surface area contributed by atoms with Gasteiger partial charge in [-0.05, 0) is 49.7 Å². The molecule has 2 aromatic carbocycles. The first kappa shape index (κ1) is 18.3. The van der Waals surface area contributed by atoms with Crippen molar-refractivity contribution in [2.45, 2.75) is 19.9 Å². The van der Waals surface area contributed by atoms with E-state index in [1.165, 1.54) is 6.20 Å². The monoisotopic (exact) mass is 364 g/mol. The maximum Gasteiger partial charge on any atom is 0.365 e.